The number of hydrogen-bond donors (Lipinski definition) is 1. The zero-order valence-electron chi connectivity index (χ0n) is 14.3. The van der Waals surface area contributed by atoms with E-state index < -0.39 is 10.0 Å². The number of aryl methyl sites for hydroxylation is 1. The summed E-state index contributed by atoms with van der Waals surface area (Å²) < 4.78 is 26.5. The van der Waals surface area contributed by atoms with E-state index in [2.05, 4.69) is 4.72 Å². The lowest BCUT2D eigenvalue weighted by atomic mass is 10.1. The van der Waals surface area contributed by atoms with Gasteiger partial charge in [0.25, 0.3) is 0 Å². The summed E-state index contributed by atoms with van der Waals surface area (Å²) in [4.78, 5) is 13.2. The summed E-state index contributed by atoms with van der Waals surface area (Å²) in [6, 6.07) is 9.84. The van der Waals surface area contributed by atoms with E-state index in [0.717, 1.165) is 12.0 Å². The highest BCUT2D eigenvalue weighted by molar-refractivity contribution is 7.89. The van der Waals surface area contributed by atoms with Crippen LogP contribution in [0.15, 0.2) is 30.3 Å². The van der Waals surface area contributed by atoms with Crippen LogP contribution >= 0.6 is 0 Å². The lowest BCUT2D eigenvalue weighted by molar-refractivity contribution is -0.129. The molecule has 1 aromatic carbocycles. The van der Waals surface area contributed by atoms with Crippen molar-refractivity contribution in [2.24, 2.45) is 5.92 Å². The molecule has 130 valence electrons. The van der Waals surface area contributed by atoms with Crippen LogP contribution in [0.5, 0.6) is 0 Å². The van der Waals surface area contributed by atoms with E-state index in [9.17, 15) is 13.2 Å². The van der Waals surface area contributed by atoms with Crippen LogP contribution in [0.25, 0.3) is 0 Å². The van der Waals surface area contributed by atoms with Gasteiger partial charge in [0.1, 0.15) is 0 Å². The van der Waals surface area contributed by atoms with E-state index in [-0.39, 0.29) is 18.2 Å². The number of sulfonamides is 1. The van der Waals surface area contributed by atoms with Crippen molar-refractivity contribution in [1.29, 1.82) is 0 Å². The van der Waals surface area contributed by atoms with Gasteiger partial charge in [-0.25, -0.2) is 13.1 Å². The molecule has 1 aromatic rings. The van der Waals surface area contributed by atoms with Gasteiger partial charge in [0.15, 0.2) is 0 Å². The second kappa shape index (κ2) is 9.67. The fourth-order valence-electron chi connectivity index (χ4n) is 2.34. The van der Waals surface area contributed by atoms with Crippen molar-refractivity contribution < 1.29 is 13.2 Å². The van der Waals surface area contributed by atoms with E-state index in [1.165, 1.54) is 6.92 Å². The Morgan fingerprint density at radius 1 is 1.22 bits per heavy atom. The topological polar surface area (TPSA) is 66.5 Å². The molecule has 0 aliphatic carbocycles. The number of nitrogens with one attached hydrogen (secondary N) is 1. The van der Waals surface area contributed by atoms with Crippen LogP contribution in [0, 0.1) is 5.92 Å². The Morgan fingerprint density at radius 2 is 1.87 bits per heavy atom. The summed E-state index contributed by atoms with van der Waals surface area (Å²) in [6.45, 7) is 6.89. The third kappa shape index (κ3) is 8.71. The Hall–Kier alpha value is -1.40. The molecule has 0 aliphatic heterocycles. The first-order valence-electron chi connectivity index (χ1n) is 8.07. The second-order valence-electron chi connectivity index (χ2n) is 6.16. The number of carbonyl (C=O) groups is 1. The van der Waals surface area contributed by atoms with E-state index in [4.69, 9.17) is 0 Å². The smallest absolute Gasteiger partial charge is 0.219 e. The summed E-state index contributed by atoms with van der Waals surface area (Å²) in [5.41, 5.74) is 1.14. The van der Waals surface area contributed by atoms with E-state index >= 15 is 0 Å². The molecule has 23 heavy (non-hydrogen) atoms. The third-order valence-electron chi connectivity index (χ3n) is 3.46. The molecule has 0 spiro atoms. The van der Waals surface area contributed by atoms with Gasteiger partial charge in [0.2, 0.25) is 15.9 Å². The average molecular weight is 340 g/mol. The van der Waals surface area contributed by atoms with Gasteiger partial charge in [0.05, 0.1) is 5.75 Å². The summed E-state index contributed by atoms with van der Waals surface area (Å²) in [5.74, 6) is 0.440. The normalized spacial score (nSPS) is 11.7. The van der Waals surface area contributed by atoms with Crippen molar-refractivity contribution in [2.45, 2.75) is 33.6 Å². The number of nitrogens with zero attached hydrogens (tertiary/aromatic N) is 1. The fraction of sp³-hybridized carbons (Fsp3) is 0.588. The van der Waals surface area contributed by atoms with Crippen LogP contribution in [0.2, 0.25) is 0 Å². The van der Waals surface area contributed by atoms with Crippen molar-refractivity contribution in [1.82, 2.24) is 9.62 Å². The summed E-state index contributed by atoms with van der Waals surface area (Å²) in [5, 5.41) is 0. The first kappa shape index (κ1) is 19.6. The molecular weight excluding hydrogens is 312 g/mol. The molecule has 0 heterocycles. The molecule has 0 saturated heterocycles. The van der Waals surface area contributed by atoms with E-state index in [1.54, 1.807) is 4.90 Å². The Morgan fingerprint density at radius 3 is 2.43 bits per heavy atom. The van der Waals surface area contributed by atoms with Crippen molar-refractivity contribution >= 4 is 15.9 Å². The van der Waals surface area contributed by atoms with Crippen molar-refractivity contribution in [3.63, 3.8) is 0 Å². The molecule has 1 N–H and O–H groups in total. The standard InChI is InChI=1S/C17H28N2O3S/c1-15(2)14-19(16(3)20)12-11-18-23(21,22)13-7-10-17-8-5-4-6-9-17/h4-6,8-9,15,18H,7,10-14H2,1-3H3. The van der Waals surface area contributed by atoms with Crippen LogP contribution in [0.4, 0.5) is 0 Å². The first-order valence-corrected chi connectivity index (χ1v) is 9.72. The second-order valence-corrected chi connectivity index (χ2v) is 8.09. The van der Waals surface area contributed by atoms with Gasteiger partial charge in [0, 0.05) is 26.6 Å². The highest BCUT2D eigenvalue weighted by atomic mass is 32.2. The third-order valence-corrected chi connectivity index (χ3v) is 4.93. The monoisotopic (exact) mass is 340 g/mol. The minimum absolute atomic E-state index is 0.0259. The largest absolute Gasteiger partial charge is 0.341 e. The van der Waals surface area contributed by atoms with Gasteiger partial charge in [-0.15, -0.1) is 0 Å². The molecular formula is C17H28N2O3S. The van der Waals surface area contributed by atoms with Gasteiger partial charge >= 0.3 is 0 Å². The van der Waals surface area contributed by atoms with E-state index in [1.807, 2.05) is 44.2 Å². The number of amides is 1. The predicted octanol–water partition coefficient (Wildman–Crippen LogP) is 2.04. The molecule has 6 heteroatoms. The Labute approximate surface area is 140 Å². The average Bonchev–Trinajstić information content (AvgIpc) is 2.46. The molecule has 0 radical (unpaired) electrons. The molecule has 0 aromatic heterocycles. The Balaban J connectivity index is 2.33. The van der Waals surface area contributed by atoms with Gasteiger partial charge in [-0.1, -0.05) is 44.2 Å². The van der Waals surface area contributed by atoms with Crippen molar-refractivity contribution in [2.75, 3.05) is 25.4 Å². The zero-order valence-corrected chi connectivity index (χ0v) is 15.1. The Kier molecular flexibility index (Phi) is 8.26. The maximum Gasteiger partial charge on any atom is 0.219 e. The van der Waals surface area contributed by atoms with Crippen LogP contribution in [-0.4, -0.2) is 44.6 Å². The highest BCUT2D eigenvalue weighted by Gasteiger charge is 2.13. The van der Waals surface area contributed by atoms with Crippen LogP contribution in [0.1, 0.15) is 32.8 Å². The number of benzene rings is 1. The molecule has 0 fully saturated rings. The van der Waals surface area contributed by atoms with Gasteiger partial charge < -0.3 is 4.90 Å². The van der Waals surface area contributed by atoms with Gasteiger partial charge in [-0.3, -0.25) is 4.79 Å². The van der Waals surface area contributed by atoms with Gasteiger partial charge in [-0.2, -0.15) is 0 Å². The molecule has 0 atom stereocenters. The molecule has 0 unspecified atom stereocenters. The van der Waals surface area contributed by atoms with Crippen molar-refractivity contribution in [3.05, 3.63) is 35.9 Å². The lowest BCUT2D eigenvalue weighted by Gasteiger charge is -2.23. The minimum atomic E-state index is -3.29. The number of hydrogen-bond acceptors (Lipinski definition) is 3. The maximum absolute atomic E-state index is 12.0. The zero-order chi connectivity index (χ0) is 17.3. The molecule has 5 nitrogen and oxygen atoms in total. The molecule has 1 amide bonds. The van der Waals surface area contributed by atoms with Crippen LogP contribution in [-0.2, 0) is 21.2 Å². The minimum Gasteiger partial charge on any atom is -0.341 e. The molecule has 0 aliphatic rings. The Bertz CT molecular complexity index is 571. The summed E-state index contributed by atoms with van der Waals surface area (Å²) >= 11 is 0. The van der Waals surface area contributed by atoms with Gasteiger partial charge in [-0.05, 0) is 24.3 Å². The van der Waals surface area contributed by atoms with Crippen LogP contribution < -0.4 is 4.72 Å². The number of carbonyl (C=O) groups excluding carboxylic acids is 1. The highest BCUT2D eigenvalue weighted by Crippen LogP contribution is 2.04. The molecule has 0 bridgehead atoms. The van der Waals surface area contributed by atoms with Crippen molar-refractivity contribution in [3.8, 4) is 0 Å². The maximum atomic E-state index is 12.0. The molecule has 1 rings (SSSR count). The lowest BCUT2D eigenvalue weighted by Crippen LogP contribution is -2.39. The predicted molar refractivity (Wildman–Crippen MR) is 93.6 cm³/mol. The SMILES string of the molecule is CC(=O)N(CCNS(=O)(=O)CCCc1ccccc1)CC(C)C. The first-order chi connectivity index (χ1) is 10.8. The van der Waals surface area contributed by atoms with Crippen LogP contribution in [0.3, 0.4) is 0 Å². The quantitative estimate of drug-likeness (QED) is 0.709. The van der Waals surface area contributed by atoms with E-state index in [0.29, 0.717) is 25.4 Å². The summed E-state index contributed by atoms with van der Waals surface area (Å²) in [6.07, 6.45) is 1.33. The molecule has 0 saturated carbocycles. The number of rotatable bonds is 10. The summed E-state index contributed by atoms with van der Waals surface area (Å²) in [7, 11) is -3.29. The fourth-order valence-corrected chi connectivity index (χ4v) is 3.41.